The van der Waals surface area contributed by atoms with Crippen LogP contribution < -0.4 is 5.73 Å². The van der Waals surface area contributed by atoms with Gasteiger partial charge in [0.2, 0.25) is 0 Å². The summed E-state index contributed by atoms with van der Waals surface area (Å²) in [5, 5.41) is 10.7. The van der Waals surface area contributed by atoms with Gasteiger partial charge in [-0.25, -0.2) is 0 Å². The highest BCUT2D eigenvalue weighted by Crippen LogP contribution is 2.24. The van der Waals surface area contributed by atoms with Crippen LogP contribution in [0.4, 0.5) is 11.4 Å². The molecule has 0 spiro atoms. The maximum atomic E-state index is 12.3. The van der Waals surface area contributed by atoms with Gasteiger partial charge in [-0.1, -0.05) is 0 Å². The summed E-state index contributed by atoms with van der Waals surface area (Å²) in [6.45, 7) is 2.69. The smallest absolute Gasteiger partial charge is 0.292 e. The van der Waals surface area contributed by atoms with Crippen molar-refractivity contribution in [3.05, 3.63) is 33.9 Å². The molecule has 1 fully saturated rings. The van der Waals surface area contributed by atoms with Crippen LogP contribution in [-0.4, -0.2) is 39.8 Å². The molecule has 1 aliphatic rings. The number of benzene rings is 1. The number of carbonyl (C=O) groups is 1. The van der Waals surface area contributed by atoms with Gasteiger partial charge in [0.05, 0.1) is 4.92 Å². The van der Waals surface area contributed by atoms with Gasteiger partial charge >= 0.3 is 0 Å². The normalized spacial score (nSPS) is 19.2. The Hall–Kier alpha value is -1.76. The SMILES string of the molecule is CC1CSCCN1C(=O)c1ccc([N+](=O)[O-])c(N)c1. The highest BCUT2D eigenvalue weighted by Gasteiger charge is 2.25. The number of hydrogen-bond donors (Lipinski definition) is 1. The van der Waals surface area contributed by atoms with E-state index in [1.165, 1.54) is 18.2 Å². The second-order valence-electron chi connectivity index (χ2n) is 4.45. The minimum absolute atomic E-state index is 0.0230. The van der Waals surface area contributed by atoms with E-state index in [1.54, 1.807) is 4.90 Å². The molecule has 0 bridgehead atoms. The standard InChI is InChI=1S/C12H15N3O3S/c1-8-7-19-5-4-14(8)12(16)9-2-3-11(15(17)18)10(13)6-9/h2-3,6,8H,4-5,7,13H2,1H3. The molecule has 6 nitrogen and oxygen atoms in total. The van der Waals surface area contributed by atoms with Crippen LogP contribution in [0.3, 0.4) is 0 Å². The zero-order chi connectivity index (χ0) is 14.0. The van der Waals surface area contributed by atoms with E-state index in [0.29, 0.717) is 12.1 Å². The van der Waals surface area contributed by atoms with Crippen molar-refractivity contribution in [3.8, 4) is 0 Å². The van der Waals surface area contributed by atoms with Crippen LogP contribution in [0.25, 0.3) is 0 Å². The first-order valence-electron chi connectivity index (χ1n) is 5.93. The number of nitrogens with zero attached hydrogens (tertiary/aromatic N) is 2. The predicted octanol–water partition coefficient (Wildman–Crippen LogP) is 1.75. The van der Waals surface area contributed by atoms with Gasteiger partial charge in [0.1, 0.15) is 5.69 Å². The Labute approximate surface area is 115 Å². The molecule has 7 heteroatoms. The average Bonchev–Trinajstić information content (AvgIpc) is 2.38. The molecule has 1 saturated heterocycles. The van der Waals surface area contributed by atoms with E-state index in [2.05, 4.69) is 0 Å². The van der Waals surface area contributed by atoms with Crippen LogP contribution in [0.2, 0.25) is 0 Å². The van der Waals surface area contributed by atoms with E-state index in [4.69, 9.17) is 5.73 Å². The second-order valence-corrected chi connectivity index (χ2v) is 5.60. The third kappa shape index (κ3) is 2.81. The number of nitro groups is 1. The Morgan fingerprint density at radius 1 is 1.58 bits per heavy atom. The molecule has 0 aromatic heterocycles. The number of carbonyl (C=O) groups excluding carboxylic acids is 1. The molecule has 0 saturated carbocycles. The maximum absolute atomic E-state index is 12.3. The molecule has 1 aromatic rings. The summed E-state index contributed by atoms with van der Waals surface area (Å²) in [6.07, 6.45) is 0. The first kappa shape index (κ1) is 13.7. The molecule has 1 unspecified atom stereocenters. The number of amides is 1. The van der Waals surface area contributed by atoms with Gasteiger partial charge in [0.25, 0.3) is 11.6 Å². The van der Waals surface area contributed by atoms with Crippen LogP contribution in [-0.2, 0) is 0 Å². The summed E-state index contributed by atoms with van der Waals surface area (Å²) in [5.41, 5.74) is 5.87. The first-order valence-corrected chi connectivity index (χ1v) is 7.09. The zero-order valence-electron chi connectivity index (χ0n) is 10.5. The van der Waals surface area contributed by atoms with Crippen molar-refractivity contribution >= 4 is 29.0 Å². The van der Waals surface area contributed by atoms with E-state index in [0.717, 1.165) is 11.5 Å². The Bertz CT molecular complexity index is 521. The minimum atomic E-state index is -0.552. The van der Waals surface area contributed by atoms with Crippen LogP contribution in [0, 0.1) is 10.1 Å². The van der Waals surface area contributed by atoms with Crippen LogP contribution in [0.1, 0.15) is 17.3 Å². The van der Waals surface area contributed by atoms with Gasteiger partial charge in [-0.2, -0.15) is 11.8 Å². The van der Waals surface area contributed by atoms with Gasteiger partial charge in [-0.05, 0) is 19.1 Å². The van der Waals surface area contributed by atoms with Gasteiger partial charge in [-0.15, -0.1) is 0 Å². The summed E-state index contributed by atoms with van der Waals surface area (Å²) in [6, 6.07) is 4.30. The molecule has 1 amide bonds. The van der Waals surface area contributed by atoms with Crippen LogP contribution in [0.5, 0.6) is 0 Å². The molecule has 19 heavy (non-hydrogen) atoms. The Balaban J connectivity index is 2.24. The molecular formula is C12H15N3O3S. The van der Waals surface area contributed by atoms with E-state index >= 15 is 0 Å². The van der Waals surface area contributed by atoms with Crippen molar-refractivity contribution in [2.24, 2.45) is 0 Å². The number of rotatable bonds is 2. The first-order chi connectivity index (χ1) is 9.00. The van der Waals surface area contributed by atoms with E-state index in [9.17, 15) is 14.9 Å². The monoisotopic (exact) mass is 281 g/mol. The van der Waals surface area contributed by atoms with E-state index < -0.39 is 4.92 Å². The second kappa shape index (κ2) is 5.48. The molecule has 1 aliphatic heterocycles. The summed E-state index contributed by atoms with van der Waals surface area (Å²) in [7, 11) is 0. The molecule has 102 valence electrons. The number of nitrogens with two attached hydrogens (primary N) is 1. The van der Waals surface area contributed by atoms with Gasteiger partial charge in [-0.3, -0.25) is 14.9 Å². The zero-order valence-corrected chi connectivity index (χ0v) is 11.4. The lowest BCUT2D eigenvalue weighted by Gasteiger charge is -2.33. The number of thioether (sulfide) groups is 1. The van der Waals surface area contributed by atoms with Crippen molar-refractivity contribution in [2.75, 3.05) is 23.8 Å². The van der Waals surface area contributed by atoms with E-state index in [-0.39, 0.29) is 23.3 Å². The summed E-state index contributed by atoms with van der Waals surface area (Å²) >= 11 is 1.82. The van der Waals surface area contributed by atoms with Gasteiger partial charge in [0.15, 0.2) is 0 Å². The third-order valence-corrected chi connectivity index (χ3v) is 4.29. The van der Waals surface area contributed by atoms with Crippen LogP contribution >= 0.6 is 11.8 Å². The lowest BCUT2D eigenvalue weighted by molar-refractivity contribution is -0.383. The molecule has 2 N–H and O–H groups in total. The van der Waals surface area contributed by atoms with Crippen molar-refractivity contribution < 1.29 is 9.72 Å². The molecule has 1 heterocycles. The van der Waals surface area contributed by atoms with Crippen molar-refractivity contribution in [2.45, 2.75) is 13.0 Å². The summed E-state index contributed by atoms with van der Waals surface area (Å²) in [4.78, 5) is 24.3. The van der Waals surface area contributed by atoms with Crippen LogP contribution in [0.15, 0.2) is 18.2 Å². The fourth-order valence-corrected chi connectivity index (χ4v) is 3.06. The fraction of sp³-hybridized carbons (Fsp3) is 0.417. The lowest BCUT2D eigenvalue weighted by atomic mass is 10.1. The Kier molecular flexibility index (Phi) is 3.94. The number of nitro benzene ring substituents is 1. The molecule has 0 radical (unpaired) electrons. The Morgan fingerprint density at radius 3 is 2.89 bits per heavy atom. The number of nitrogen functional groups attached to an aromatic ring is 1. The lowest BCUT2D eigenvalue weighted by Crippen LogP contribution is -2.44. The largest absolute Gasteiger partial charge is 0.393 e. The summed E-state index contributed by atoms with van der Waals surface area (Å²) in [5.74, 6) is 1.71. The predicted molar refractivity (Wildman–Crippen MR) is 75.3 cm³/mol. The van der Waals surface area contributed by atoms with E-state index in [1.807, 2.05) is 18.7 Å². The quantitative estimate of drug-likeness (QED) is 0.507. The highest BCUT2D eigenvalue weighted by atomic mass is 32.2. The highest BCUT2D eigenvalue weighted by molar-refractivity contribution is 7.99. The number of anilines is 1. The average molecular weight is 281 g/mol. The molecule has 2 rings (SSSR count). The topological polar surface area (TPSA) is 89.5 Å². The maximum Gasteiger partial charge on any atom is 0.292 e. The van der Waals surface area contributed by atoms with Crippen molar-refractivity contribution in [1.82, 2.24) is 4.90 Å². The number of hydrogen-bond acceptors (Lipinski definition) is 5. The molecule has 1 aromatic carbocycles. The van der Waals surface area contributed by atoms with Gasteiger partial charge < -0.3 is 10.6 Å². The fourth-order valence-electron chi connectivity index (χ4n) is 2.05. The molecule has 1 atom stereocenters. The van der Waals surface area contributed by atoms with Gasteiger partial charge in [0, 0.05) is 35.7 Å². The molecule has 0 aliphatic carbocycles. The summed E-state index contributed by atoms with van der Waals surface area (Å²) < 4.78 is 0. The third-order valence-electron chi connectivity index (χ3n) is 3.10. The Morgan fingerprint density at radius 2 is 2.32 bits per heavy atom. The van der Waals surface area contributed by atoms with Crippen molar-refractivity contribution in [1.29, 1.82) is 0 Å². The molecular weight excluding hydrogens is 266 g/mol. The minimum Gasteiger partial charge on any atom is -0.393 e. The van der Waals surface area contributed by atoms with Crippen molar-refractivity contribution in [3.63, 3.8) is 0 Å².